The summed E-state index contributed by atoms with van der Waals surface area (Å²) in [6.07, 6.45) is 0. The zero-order chi connectivity index (χ0) is 17.8. The Labute approximate surface area is 157 Å². The van der Waals surface area contributed by atoms with E-state index in [1.54, 1.807) is 18.2 Å². The number of thioether (sulfide) groups is 1. The van der Waals surface area contributed by atoms with Crippen molar-refractivity contribution in [2.24, 2.45) is 0 Å². The summed E-state index contributed by atoms with van der Waals surface area (Å²) in [4.78, 5) is 12.4. The van der Waals surface area contributed by atoms with E-state index in [-0.39, 0.29) is 5.82 Å². The molecule has 6 nitrogen and oxygen atoms in total. The first-order valence-corrected chi connectivity index (χ1v) is 8.92. The van der Waals surface area contributed by atoms with Gasteiger partial charge >= 0.3 is 5.56 Å². The van der Waals surface area contributed by atoms with Crippen molar-refractivity contribution in [1.29, 1.82) is 0 Å². The number of anilines is 2. The van der Waals surface area contributed by atoms with Crippen molar-refractivity contribution >= 4 is 46.5 Å². The highest BCUT2D eigenvalue weighted by molar-refractivity contribution is 7.98. The van der Waals surface area contributed by atoms with Gasteiger partial charge in [-0.05, 0) is 23.8 Å². The van der Waals surface area contributed by atoms with E-state index in [0.717, 1.165) is 10.2 Å². The lowest BCUT2D eigenvalue weighted by Gasteiger charge is -2.10. The van der Waals surface area contributed by atoms with Crippen molar-refractivity contribution in [2.75, 3.05) is 11.2 Å². The Hall–Kier alpha value is -2.22. The molecule has 0 aliphatic carbocycles. The van der Waals surface area contributed by atoms with Crippen LogP contribution in [0.15, 0.2) is 58.5 Å². The molecule has 3 N–H and O–H groups in total. The van der Waals surface area contributed by atoms with Gasteiger partial charge in [0.25, 0.3) is 0 Å². The van der Waals surface area contributed by atoms with E-state index in [1.807, 2.05) is 30.3 Å². The van der Waals surface area contributed by atoms with Gasteiger partial charge in [-0.25, -0.2) is 0 Å². The third kappa shape index (κ3) is 4.25. The number of aromatic nitrogens is 3. The van der Waals surface area contributed by atoms with Crippen molar-refractivity contribution in [3.63, 3.8) is 0 Å². The normalized spacial score (nSPS) is 10.6. The van der Waals surface area contributed by atoms with E-state index in [4.69, 9.17) is 29.0 Å². The van der Waals surface area contributed by atoms with Gasteiger partial charge in [-0.3, -0.25) is 4.79 Å². The molecule has 0 unspecified atom stereocenters. The lowest BCUT2D eigenvalue weighted by molar-refractivity contribution is 0.705. The average Bonchev–Trinajstić information content (AvgIpc) is 2.61. The molecule has 0 aliphatic heterocycles. The van der Waals surface area contributed by atoms with Crippen LogP contribution in [0, 0.1) is 0 Å². The second-order valence-electron chi connectivity index (χ2n) is 5.03. The number of nitrogen functional groups attached to an aromatic ring is 1. The molecule has 0 saturated heterocycles. The number of nitrogens with one attached hydrogen (secondary N) is 1. The first kappa shape index (κ1) is 17.6. The van der Waals surface area contributed by atoms with Gasteiger partial charge in [-0.15, -0.1) is 10.2 Å². The van der Waals surface area contributed by atoms with Gasteiger partial charge in [0.15, 0.2) is 0 Å². The molecule has 0 saturated carbocycles. The second-order valence-corrected chi connectivity index (χ2v) is 6.82. The van der Waals surface area contributed by atoms with Crippen LogP contribution in [0.2, 0.25) is 10.0 Å². The summed E-state index contributed by atoms with van der Waals surface area (Å²) in [6.45, 7) is 0. The molecule has 3 aromatic rings. The molecule has 0 fully saturated rings. The predicted molar refractivity (Wildman–Crippen MR) is 102 cm³/mol. The number of hydrogen-bond donors (Lipinski definition) is 2. The van der Waals surface area contributed by atoms with Crippen LogP contribution in [-0.4, -0.2) is 14.9 Å². The smallest absolute Gasteiger partial charge is 0.315 e. The maximum absolute atomic E-state index is 12.4. The van der Waals surface area contributed by atoms with Crippen LogP contribution in [0.5, 0.6) is 0 Å². The largest absolute Gasteiger partial charge is 0.334 e. The molecular formula is C16H13Cl2N5OS. The van der Waals surface area contributed by atoms with E-state index < -0.39 is 5.56 Å². The predicted octanol–water partition coefficient (Wildman–Crippen LogP) is 3.69. The lowest BCUT2D eigenvalue weighted by Crippen LogP contribution is -2.32. The molecule has 0 bridgehead atoms. The van der Waals surface area contributed by atoms with Crippen LogP contribution in [0.3, 0.4) is 0 Å². The molecule has 1 aromatic heterocycles. The van der Waals surface area contributed by atoms with Crippen molar-refractivity contribution in [3.8, 4) is 0 Å². The van der Waals surface area contributed by atoms with Crippen LogP contribution in [0.4, 0.5) is 11.5 Å². The van der Waals surface area contributed by atoms with Crippen LogP contribution in [0.25, 0.3) is 0 Å². The highest BCUT2D eigenvalue weighted by atomic mass is 35.5. The lowest BCUT2D eigenvalue weighted by atomic mass is 10.2. The molecule has 25 heavy (non-hydrogen) atoms. The highest BCUT2D eigenvalue weighted by Gasteiger charge is 2.12. The fourth-order valence-electron chi connectivity index (χ4n) is 2.00. The van der Waals surface area contributed by atoms with E-state index >= 15 is 0 Å². The molecule has 0 aliphatic rings. The number of nitrogens with two attached hydrogens (primary N) is 1. The first-order chi connectivity index (χ1) is 12.0. The van der Waals surface area contributed by atoms with Crippen LogP contribution in [0.1, 0.15) is 5.56 Å². The Balaban J connectivity index is 1.79. The average molecular weight is 394 g/mol. The summed E-state index contributed by atoms with van der Waals surface area (Å²) in [6, 6.07) is 14.6. The Morgan fingerprint density at radius 2 is 1.88 bits per heavy atom. The van der Waals surface area contributed by atoms with E-state index in [1.165, 1.54) is 11.8 Å². The third-order valence-electron chi connectivity index (χ3n) is 3.26. The summed E-state index contributed by atoms with van der Waals surface area (Å²) >= 11 is 13.3. The topological polar surface area (TPSA) is 85.8 Å². The molecule has 1 heterocycles. The monoisotopic (exact) mass is 393 g/mol. The third-order valence-corrected chi connectivity index (χ3v) is 4.82. The minimum absolute atomic E-state index is 0.0178. The first-order valence-electron chi connectivity index (χ1n) is 7.18. The zero-order valence-corrected chi connectivity index (χ0v) is 15.1. The Bertz CT molecular complexity index is 949. The summed E-state index contributed by atoms with van der Waals surface area (Å²) < 4.78 is 0.965. The molecule has 3 rings (SSSR count). The van der Waals surface area contributed by atoms with Crippen molar-refractivity contribution in [2.45, 2.75) is 10.9 Å². The maximum Gasteiger partial charge on any atom is 0.315 e. The van der Waals surface area contributed by atoms with E-state index in [9.17, 15) is 4.79 Å². The molecule has 2 aromatic carbocycles. The molecular weight excluding hydrogens is 381 g/mol. The van der Waals surface area contributed by atoms with Crippen molar-refractivity contribution in [1.82, 2.24) is 14.9 Å². The quantitative estimate of drug-likeness (QED) is 0.507. The Morgan fingerprint density at radius 1 is 1.12 bits per heavy atom. The Morgan fingerprint density at radius 3 is 2.60 bits per heavy atom. The van der Waals surface area contributed by atoms with Gasteiger partial charge in [-0.2, -0.15) is 4.68 Å². The second kappa shape index (κ2) is 7.77. The number of benzene rings is 2. The van der Waals surface area contributed by atoms with Crippen LogP contribution < -0.4 is 16.7 Å². The minimum Gasteiger partial charge on any atom is -0.334 e. The minimum atomic E-state index is -0.503. The molecule has 0 atom stereocenters. The summed E-state index contributed by atoms with van der Waals surface area (Å²) in [5.41, 5.74) is 1.08. The van der Waals surface area contributed by atoms with Gasteiger partial charge < -0.3 is 11.2 Å². The highest BCUT2D eigenvalue weighted by Crippen LogP contribution is 2.27. The fourth-order valence-corrected chi connectivity index (χ4v) is 3.27. The number of nitrogens with zero attached hydrogens (tertiary/aromatic N) is 3. The van der Waals surface area contributed by atoms with Crippen molar-refractivity contribution in [3.05, 3.63) is 74.5 Å². The standard InChI is InChI=1S/C16H13Cl2N5OS/c17-11-6-7-13(12(18)8-11)20-14-15(24)23(19)16(22-21-14)25-9-10-4-2-1-3-5-10/h1-8H,9,19H2,(H,20,21). The fraction of sp³-hybridized carbons (Fsp3) is 0.0625. The number of rotatable bonds is 5. The molecule has 0 radical (unpaired) electrons. The van der Waals surface area contributed by atoms with E-state index in [2.05, 4.69) is 15.5 Å². The number of hydrogen-bond acceptors (Lipinski definition) is 6. The van der Waals surface area contributed by atoms with Crippen LogP contribution >= 0.6 is 35.0 Å². The van der Waals surface area contributed by atoms with Crippen LogP contribution in [-0.2, 0) is 5.75 Å². The van der Waals surface area contributed by atoms with E-state index in [0.29, 0.717) is 26.6 Å². The van der Waals surface area contributed by atoms with Gasteiger partial charge in [0.05, 0.1) is 10.7 Å². The summed E-state index contributed by atoms with van der Waals surface area (Å²) in [7, 11) is 0. The molecule has 128 valence electrons. The van der Waals surface area contributed by atoms with Gasteiger partial charge in [0, 0.05) is 10.8 Å². The summed E-state index contributed by atoms with van der Waals surface area (Å²) in [5, 5.41) is 11.9. The van der Waals surface area contributed by atoms with Gasteiger partial charge in [-0.1, -0.05) is 65.3 Å². The van der Waals surface area contributed by atoms with Gasteiger partial charge in [0.2, 0.25) is 11.0 Å². The SMILES string of the molecule is Nn1c(SCc2ccccc2)nnc(Nc2ccc(Cl)cc2Cl)c1=O. The maximum atomic E-state index is 12.4. The zero-order valence-electron chi connectivity index (χ0n) is 12.8. The number of halogens is 2. The molecule has 9 heteroatoms. The van der Waals surface area contributed by atoms with Crippen molar-refractivity contribution < 1.29 is 0 Å². The Kier molecular flexibility index (Phi) is 5.47. The molecule has 0 spiro atoms. The summed E-state index contributed by atoms with van der Waals surface area (Å²) in [5.74, 6) is 6.46. The molecule has 0 amide bonds. The van der Waals surface area contributed by atoms with Gasteiger partial charge in [0.1, 0.15) is 0 Å².